The fourth-order valence-corrected chi connectivity index (χ4v) is 3.21. The Morgan fingerprint density at radius 1 is 1.11 bits per heavy atom. The average molecular weight is 383 g/mol. The molecule has 0 aromatic heterocycles. The molecule has 1 aliphatic heterocycles. The monoisotopic (exact) mass is 383 g/mol. The molecule has 0 spiro atoms. The first-order valence-electron chi connectivity index (χ1n) is 8.80. The maximum absolute atomic E-state index is 12.9. The molecule has 2 aromatic rings. The molecule has 1 fully saturated rings. The minimum absolute atomic E-state index is 0.157. The fraction of sp³-hybridized carbons (Fsp3) is 0.333. The summed E-state index contributed by atoms with van der Waals surface area (Å²) in [5.41, 5.74) is 2.83. The summed E-state index contributed by atoms with van der Waals surface area (Å²) in [7, 11) is 0. The second-order valence-electron chi connectivity index (χ2n) is 6.82. The van der Waals surface area contributed by atoms with Crippen molar-refractivity contribution in [1.82, 2.24) is 0 Å². The van der Waals surface area contributed by atoms with Crippen LogP contribution in [0.1, 0.15) is 32.6 Å². The Balaban J connectivity index is 1.82. The number of aliphatic hydroxyl groups excluding tert-OH is 3. The van der Waals surface area contributed by atoms with Gasteiger partial charge in [-0.15, -0.1) is 0 Å². The van der Waals surface area contributed by atoms with E-state index < -0.39 is 24.6 Å². The molecule has 146 valence electrons. The first-order valence-corrected chi connectivity index (χ1v) is 8.80. The number of ether oxygens (including phenoxy) is 2. The summed E-state index contributed by atoms with van der Waals surface area (Å²) in [5.74, 6) is 0.206. The van der Waals surface area contributed by atoms with Crippen molar-refractivity contribution in [1.29, 1.82) is 5.26 Å². The highest BCUT2D eigenvalue weighted by molar-refractivity contribution is 6.10. The number of benzene rings is 2. The molecule has 0 amide bonds. The van der Waals surface area contributed by atoms with E-state index in [-0.39, 0.29) is 12.4 Å². The molecule has 1 heterocycles. The van der Waals surface area contributed by atoms with Gasteiger partial charge in [0.25, 0.3) is 0 Å². The van der Waals surface area contributed by atoms with Crippen molar-refractivity contribution >= 4 is 5.78 Å². The molecule has 0 unspecified atom stereocenters. The summed E-state index contributed by atoms with van der Waals surface area (Å²) in [6, 6.07) is 11.7. The van der Waals surface area contributed by atoms with E-state index in [1.165, 1.54) is 0 Å². The van der Waals surface area contributed by atoms with Crippen molar-refractivity contribution in [3.63, 3.8) is 0 Å². The molecular formula is C21H21NO6. The van der Waals surface area contributed by atoms with E-state index in [1.54, 1.807) is 50.2 Å². The summed E-state index contributed by atoms with van der Waals surface area (Å²) in [6.45, 7) is 3.39. The molecule has 0 aliphatic carbocycles. The van der Waals surface area contributed by atoms with Crippen LogP contribution in [0.2, 0.25) is 0 Å². The number of rotatable bonds is 4. The topological polar surface area (TPSA) is 120 Å². The molecule has 1 aliphatic rings. The molecule has 28 heavy (non-hydrogen) atoms. The average Bonchev–Trinajstić information content (AvgIpc) is 2.68. The van der Waals surface area contributed by atoms with E-state index in [2.05, 4.69) is 0 Å². The lowest BCUT2D eigenvalue weighted by atomic mass is 9.94. The zero-order valence-corrected chi connectivity index (χ0v) is 15.5. The Bertz CT molecular complexity index is 894. The smallest absolute Gasteiger partial charge is 0.228 e. The quantitative estimate of drug-likeness (QED) is 0.679. The molecule has 7 nitrogen and oxygen atoms in total. The maximum atomic E-state index is 12.9. The molecule has 7 heteroatoms. The van der Waals surface area contributed by atoms with Crippen LogP contribution in [0.5, 0.6) is 5.75 Å². The van der Waals surface area contributed by atoms with Crippen LogP contribution in [0.4, 0.5) is 0 Å². The highest BCUT2D eigenvalue weighted by Crippen LogP contribution is 2.27. The van der Waals surface area contributed by atoms with Crippen LogP contribution in [-0.4, -0.2) is 52.3 Å². The summed E-state index contributed by atoms with van der Waals surface area (Å²) in [5, 5.41) is 38.2. The summed E-state index contributed by atoms with van der Waals surface area (Å²) in [4.78, 5) is 12.9. The summed E-state index contributed by atoms with van der Waals surface area (Å²) >= 11 is 0. The normalized spacial score (nSPS) is 24.4. The van der Waals surface area contributed by atoms with Gasteiger partial charge in [-0.2, -0.15) is 5.26 Å². The number of carbonyl (C=O) groups is 1. The second-order valence-corrected chi connectivity index (χ2v) is 6.82. The fourth-order valence-electron chi connectivity index (χ4n) is 3.21. The van der Waals surface area contributed by atoms with E-state index in [1.807, 2.05) is 6.07 Å². The second kappa shape index (κ2) is 8.09. The van der Waals surface area contributed by atoms with Crippen LogP contribution in [0.3, 0.4) is 0 Å². The van der Waals surface area contributed by atoms with Crippen LogP contribution in [0.15, 0.2) is 36.4 Å². The Labute approximate surface area is 162 Å². The predicted octanol–water partition coefficient (Wildman–Crippen LogP) is 1.22. The Morgan fingerprint density at radius 2 is 1.71 bits per heavy atom. The minimum atomic E-state index is -1.40. The largest absolute Gasteiger partial charge is 0.462 e. The van der Waals surface area contributed by atoms with Gasteiger partial charge in [0.1, 0.15) is 24.1 Å². The van der Waals surface area contributed by atoms with Crippen molar-refractivity contribution in [2.45, 2.75) is 38.4 Å². The van der Waals surface area contributed by atoms with Gasteiger partial charge in [0.15, 0.2) is 5.78 Å². The number of nitriles is 1. The molecule has 0 bridgehead atoms. The zero-order valence-electron chi connectivity index (χ0n) is 15.5. The third-order valence-corrected chi connectivity index (χ3v) is 4.72. The predicted molar refractivity (Wildman–Crippen MR) is 98.9 cm³/mol. The molecule has 2 aromatic carbocycles. The van der Waals surface area contributed by atoms with E-state index in [4.69, 9.17) is 14.7 Å². The van der Waals surface area contributed by atoms with Crippen molar-refractivity contribution in [3.05, 3.63) is 64.2 Å². The van der Waals surface area contributed by atoms with Gasteiger partial charge in [0.2, 0.25) is 6.29 Å². The molecule has 4 atom stereocenters. The molecule has 0 radical (unpaired) electrons. The first kappa shape index (κ1) is 20.0. The van der Waals surface area contributed by atoms with Gasteiger partial charge in [-0.1, -0.05) is 0 Å². The SMILES string of the molecule is Cc1cc(O[C@H]2OC[C@@H](O)[C@H](O)[C@H]2O)cc(C)c1C(=O)c1ccc(C#N)cc1. The maximum Gasteiger partial charge on any atom is 0.228 e. The van der Waals surface area contributed by atoms with Crippen LogP contribution >= 0.6 is 0 Å². The standard InChI is InChI=1S/C21H21NO6/c1-11-7-15(28-21-20(26)19(25)16(23)10-27-21)8-12(2)17(11)18(24)14-5-3-13(9-22)4-6-14/h3-8,16,19-21,23,25-26H,10H2,1-2H3/t16-,19+,20-,21-/m1/s1. The Morgan fingerprint density at radius 3 is 2.29 bits per heavy atom. The molecule has 3 N–H and O–H groups in total. The van der Waals surface area contributed by atoms with Crippen LogP contribution in [0, 0.1) is 25.2 Å². The van der Waals surface area contributed by atoms with Crippen molar-refractivity contribution in [3.8, 4) is 11.8 Å². The van der Waals surface area contributed by atoms with Crippen LogP contribution in [0.25, 0.3) is 0 Å². The van der Waals surface area contributed by atoms with Gasteiger partial charge in [-0.3, -0.25) is 4.79 Å². The first-order chi connectivity index (χ1) is 13.3. The lowest BCUT2D eigenvalue weighted by Gasteiger charge is -2.35. The highest BCUT2D eigenvalue weighted by atomic mass is 16.7. The Kier molecular flexibility index (Phi) is 5.77. The van der Waals surface area contributed by atoms with E-state index in [9.17, 15) is 20.1 Å². The highest BCUT2D eigenvalue weighted by Gasteiger charge is 2.39. The minimum Gasteiger partial charge on any atom is -0.462 e. The number of aliphatic hydroxyl groups is 3. The van der Waals surface area contributed by atoms with Gasteiger partial charge in [0.05, 0.1) is 18.2 Å². The van der Waals surface area contributed by atoms with Crippen molar-refractivity contribution < 1.29 is 29.6 Å². The number of aryl methyl sites for hydroxylation is 2. The van der Waals surface area contributed by atoms with Gasteiger partial charge in [0, 0.05) is 11.1 Å². The number of hydrogen-bond acceptors (Lipinski definition) is 7. The number of nitrogens with zero attached hydrogens (tertiary/aromatic N) is 1. The lowest BCUT2D eigenvalue weighted by molar-refractivity contribution is -0.242. The van der Waals surface area contributed by atoms with Crippen LogP contribution < -0.4 is 4.74 Å². The zero-order chi connectivity index (χ0) is 20.4. The number of ketones is 1. The summed E-state index contributed by atoms with van der Waals surface area (Å²) < 4.78 is 10.9. The Hall–Kier alpha value is -2.76. The molecule has 0 saturated carbocycles. The molecule has 1 saturated heterocycles. The summed E-state index contributed by atoms with van der Waals surface area (Å²) in [6.07, 6.45) is -5.06. The van der Waals surface area contributed by atoms with Gasteiger partial charge in [-0.25, -0.2) is 0 Å². The molecule has 3 rings (SSSR count). The van der Waals surface area contributed by atoms with E-state index in [0.717, 1.165) is 0 Å². The number of carbonyl (C=O) groups excluding carboxylic acids is 1. The lowest BCUT2D eigenvalue weighted by Crippen LogP contribution is -2.54. The number of hydrogen-bond donors (Lipinski definition) is 3. The van der Waals surface area contributed by atoms with E-state index in [0.29, 0.717) is 33.6 Å². The van der Waals surface area contributed by atoms with Gasteiger partial charge < -0.3 is 24.8 Å². The van der Waals surface area contributed by atoms with Crippen molar-refractivity contribution in [2.24, 2.45) is 0 Å². The van der Waals surface area contributed by atoms with Gasteiger partial charge >= 0.3 is 0 Å². The van der Waals surface area contributed by atoms with E-state index >= 15 is 0 Å². The third-order valence-electron chi connectivity index (χ3n) is 4.72. The third kappa shape index (κ3) is 3.91. The van der Waals surface area contributed by atoms with Crippen LogP contribution in [-0.2, 0) is 4.74 Å². The van der Waals surface area contributed by atoms with Gasteiger partial charge in [-0.05, 0) is 61.4 Å². The molecular weight excluding hydrogens is 362 g/mol. The van der Waals surface area contributed by atoms with Crippen molar-refractivity contribution in [2.75, 3.05) is 6.61 Å².